The van der Waals surface area contributed by atoms with Crippen LogP contribution < -0.4 is 10.6 Å². The molecule has 0 unspecified atom stereocenters. The summed E-state index contributed by atoms with van der Waals surface area (Å²) in [5, 5.41) is 15.4. The molecule has 0 aromatic carbocycles. The highest BCUT2D eigenvalue weighted by molar-refractivity contribution is 4.68. The molecule has 0 atom stereocenters. The molecule has 0 amide bonds. The third-order valence-electron chi connectivity index (χ3n) is 1.11. The standard InChI is InChI=1S/C7H18N2O/c1-7(2,10)6-9-5-4-8-3/h8-10H,4-6H2,1-3H3. The second-order valence-electron chi connectivity index (χ2n) is 3.09. The van der Waals surface area contributed by atoms with Crippen molar-refractivity contribution in [1.82, 2.24) is 10.6 Å². The molecule has 0 aliphatic rings. The van der Waals surface area contributed by atoms with Gasteiger partial charge in [-0.1, -0.05) is 0 Å². The second-order valence-corrected chi connectivity index (χ2v) is 3.09. The van der Waals surface area contributed by atoms with Crippen LogP contribution >= 0.6 is 0 Å². The molecule has 0 bridgehead atoms. The van der Waals surface area contributed by atoms with E-state index in [4.69, 9.17) is 0 Å². The number of hydrogen-bond acceptors (Lipinski definition) is 3. The molecule has 0 saturated carbocycles. The fraction of sp³-hybridized carbons (Fsp3) is 1.00. The molecule has 0 aliphatic heterocycles. The van der Waals surface area contributed by atoms with Gasteiger partial charge in [0.05, 0.1) is 5.60 Å². The van der Waals surface area contributed by atoms with Crippen LogP contribution in [-0.4, -0.2) is 37.4 Å². The van der Waals surface area contributed by atoms with E-state index in [0.29, 0.717) is 6.54 Å². The van der Waals surface area contributed by atoms with Crippen LogP contribution in [0.15, 0.2) is 0 Å². The van der Waals surface area contributed by atoms with Crippen molar-refractivity contribution in [3.8, 4) is 0 Å². The maximum Gasteiger partial charge on any atom is 0.0715 e. The van der Waals surface area contributed by atoms with Gasteiger partial charge >= 0.3 is 0 Å². The van der Waals surface area contributed by atoms with E-state index in [1.807, 2.05) is 7.05 Å². The molecule has 0 rings (SSSR count). The second kappa shape index (κ2) is 4.66. The van der Waals surface area contributed by atoms with Gasteiger partial charge in [-0.3, -0.25) is 0 Å². The Labute approximate surface area is 62.8 Å². The molecule has 0 saturated heterocycles. The summed E-state index contributed by atoms with van der Waals surface area (Å²) in [7, 11) is 1.91. The van der Waals surface area contributed by atoms with Crippen LogP contribution in [0.5, 0.6) is 0 Å². The fourth-order valence-corrected chi connectivity index (χ4v) is 0.608. The van der Waals surface area contributed by atoms with E-state index in [0.717, 1.165) is 13.1 Å². The molecule has 0 aromatic heterocycles. The molecule has 0 fully saturated rings. The smallest absolute Gasteiger partial charge is 0.0715 e. The maximum absolute atomic E-state index is 9.23. The summed E-state index contributed by atoms with van der Waals surface area (Å²) < 4.78 is 0. The number of rotatable bonds is 5. The molecule has 3 N–H and O–H groups in total. The summed E-state index contributed by atoms with van der Waals surface area (Å²) in [6.45, 7) is 6.07. The van der Waals surface area contributed by atoms with Crippen LogP contribution in [0.1, 0.15) is 13.8 Å². The third-order valence-corrected chi connectivity index (χ3v) is 1.11. The highest BCUT2D eigenvalue weighted by Gasteiger charge is 2.09. The van der Waals surface area contributed by atoms with Gasteiger partial charge in [-0.25, -0.2) is 0 Å². The van der Waals surface area contributed by atoms with Crippen molar-refractivity contribution in [3.05, 3.63) is 0 Å². The van der Waals surface area contributed by atoms with Gasteiger partial charge in [0, 0.05) is 19.6 Å². The Kier molecular flexibility index (Phi) is 4.60. The van der Waals surface area contributed by atoms with Crippen molar-refractivity contribution < 1.29 is 5.11 Å². The lowest BCUT2D eigenvalue weighted by molar-refractivity contribution is 0.0802. The number of aliphatic hydroxyl groups is 1. The van der Waals surface area contributed by atoms with Crippen LogP contribution in [0.3, 0.4) is 0 Å². The average Bonchev–Trinajstić information content (AvgIpc) is 1.78. The fourth-order valence-electron chi connectivity index (χ4n) is 0.608. The average molecular weight is 146 g/mol. The zero-order valence-corrected chi connectivity index (χ0v) is 7.07. The predicted molar refractivity (Wildman–Crippen MR) is 43.1 cm³/mol. The van der Waals surface area contributed by atoms with Crippen LogP contribution in [0.2, 0.25) is 0 Å². The summed E-state index contributed by atoms with van der Waals surface area (Å²) in [6, 6.07) is 0. The van der Waals surface area contributed by atoms with E-state index in [9.17, 15) is 5.11 Å². The van der Waals surface area contributed by atoms with Gasteiger partial charge in [0.15, 0.2) is 0 Å². The van der Waals surface area contributed by atoms with Gasteiger partial charge in [0.2, 0.25) is 0 Å². The number of likely N-dealkylation sites (N-methyl/N-ethyl adjacent to an activating group) is 1. The zero-order chi connectivity index (χ0) is 8.04. The molecule has 0 aliphatic carbocycles. The first-order valence-corrected chi connectivity index (χ1v) is 3.64. The lowest BCUT2D eigenvalue weighted by Crippen LogP contribution is -2.37. The summed E-state index contributed by atoms with van der Waals surface area (Å²) in [5.41, 5.74) is -0.590. The minimum absolute atomic E-state index is 0.590. The third kappa shape index (κ3) is 7.88. The first-order valence-electron chi connectivity index (χ1n) is 3.64. The van der Waals surface area contributed by atoms with Crippen LogP contribution in [0, 0.1) is 0 Å². The quantitative estimate of drug-likeness (QED) is 0.461. The SMILES string of the molecule is CNCCNCC(C)(C)O. The molecule has 0 radical (unpaired) electrons. The molecular weight excluding hydrogens is 128 g/mol. The molecule has 62 valence electrons. The molecule has 0 aromatic rings. The van der Waals surface area contributed by atoms with Gasteiger partial charge in [-0.2, -0.15) is 0 Å². The summed E-state index contributed by atoms with van der Waals surface area (Å²) in [4.78, 5) is 0. The van der Waals surface area contributed by atoms with Crippen molar-refractivity contribution in [1.29, 1.82) is 0 Å². The van der Waals surface area contributed by atoms with Gasteiger partial charge < -0.3 is 15.7 Å². The van der Waals surface area contributed by atoms with Crippen LogP contribution in [0.25, 0.3) is 0 Å². The Hall–Kier alpha value is -0.120. The minimum atomic E-state index is -0.590. The molecule has 3 heteroatoms. The Bertz CT molecular complexity index is 78.2. The van der Waals surface area contributed by atoms with Crippen molar-refractivity contribution in [2.75, 3.05) is 26.7 Å². The van der Waals surface area contributed by atoms with Gasteiger partial charge in [-0.05, 0) is 20.9 Å². The maximum atomic E-state index is 9.23. The zero-order valence-electron chi connectivity index (χ0n) is 7.07. The summed E-state index contributed by atoms with van der Waals surface area (Å²) >= 11 is 0. The lowest BCUT2D eigenvalue weighted by Gasteiger charge is -2.17. The van der Waals surface area contributed by atoms with Gasteiger partial charge in [0.1, 0.15) is 0 Å². The number of nitrogens with one attached hydrogen (secondary N) is 2. The molecule has 0 heterocycles. The van der Waals surface area contributed by atoms with Crippen molar-refractivity contribution in [3.63, 3.8) is 0 Å². The summed E-state index contributed by atoms with van der Waals surface area (Å²) in [6.07, 6.45) is 0. The molecule has 3 nitrogen and oxygen atoms in total. The Morgan fingerprint density at radius 2 is 1.90 bits per heavy atom. The number of hydrogen-bond donors (Lipinski definition) is 3. The van der Waals surface area contributed by atoms with Gasteiger partial charge in [-0.15, -0.1) is 0 Å². The van der Waals surface area contributed by atoms with Crippen LogP contribution in [0.4, 0.5) is 0 Å². The Balaban J connectivity index is 3.04. The molecular formula is C7H18N2O. The van der Waals surface area contributed by atoms with E-state index in [1.54, 1.807) is 13.8 Å². The van der Waals surface area contributed by atoms with E-state index < -0.39 is 5.60 Å². The van der Waals surface area contributed by atoms with E-state index in [1.165, 1.54) is 0 Å². The van der Waals surface area contributed by atoms with Crippen LogP contribution in [-0.2, 0) is 0 Å². The first-order chi connectivity index (χ1) is 4.56. The highest BCUT2D eigenvalue weighted by atomic mass is 16.3. The van der Waals surface area contributed by atoms with Crippen molar-refractivity contribution in [2.24, 2.45) is 0 Å². The topological polar surface area (TPSA) is 44.3 Å². The monoisotopic (exact) mass is 146 g/mol. The minimum Gasteiger partial charge on any atom is -0.389 e. The highest BCUT2D eigenvalue weighted by Crippen LogP contribution is 1.95. The molecule has 10 heavy (non-hydrogen) atoms. The Morgan fingerprint density at radius 3 is 2.30 bits per heavy atom. The first kappa shape index (κ1) is 9.88. The predicted octanol–water partition coefficient (Wildman–Crippen LogP) is -0.434. The van der Waals surface area contributed by atoms with Crippen molar-refractivity contribution >= 4 is 0 Å². The normalized spacial score (nSPS) is 12.0. The Morgan fingerprint density at radius 1 is 1.30 bits per heavy atom. The van der Waals surface area contributed by atoms with E-state index in [-0.39, 0.29) is 0 Å². The summed E-state index contributed by atoms with van der Waals surface area (Å²) in [5.74, 6) is 0. The van der Waals surface area contributed by atoms with E-state index in [2.05, 4.69) is 10.6 Å². The lowest BCUT2D eigenvalue weighted by atomic mass is 10.1. The largest absolute Gasteiger partial charge is 0.389 e. The van der Waals surface area contributed by atoms with Crippen molar-refractivity contribution in [2.45, 2.75) is 19.4 Å². The van der Waals surface area contributed by atoms with E-state index >= 15 is 0 Å². The van der Waals surface area contributed by atoms with Gasteiger partial charge in [0.25, 0.3) is 0 Å². The molecule has 0 spiro atoms.